The van der Waals surface area contributed by atoms with E-state index in [1.54, 1.807) is 12.2 Å². The van der Waals surface area contributed by atoms with Crippen molar-refractivity contribution >= 4 is 48.3 Å². The Kier molecular flexibility index (Phi) is 10.9. The minimum Gasteiger partial charge on any atom is -0.494 e. The van der Waals surface area contributed by atoms with Gasteiger partial charge in [0.25, 0.3) is 10.0 Å². The van der Waals surface area contributed by atoms with Crippen LogP contribution in [-0.2, 0) is 20.0 Å². The van der Waals surface area contributed by atoms with Gasteiger partial charge in [0.15, 0.2) is 5.13 Å². The molecule has 45 heavy (non-hydrogen) atoms. The molecule has 11 heteroatoms. The van der Waals surface area contributed by atoms with Gasteiger partial charge in [0.1, 0.15) is 5.75 Å². The summed E-state index contributed by atoms with van der Waals surface area (Å²) in [6.45, 7) is 14.6. The molecule has 0 fully saturated rings. The highest BCUT2D eigenvalue weighted by atomic mass is 32.2. The third-order valence-electron chi connectivity index (χ3n) is 6.74. The van der Waals surface area contributed by atoms with Gasteiger partial charge in [-0.3, -0.25) is 9.44 Å². The molecule has 4 aromatic rings. The van der Waals surface area contributed by atoms with Crippen LogP contribution in [0.3, 0.4) is 0 Å². The molecule has 0 amide bonds. The minimum absolute atomic E-state index is 0.103. The monoisotopic (exact) mass is 665 g/mol. The minimum atomic E-state index is -4.13. The molecule has 238 valence electrons. The molecule has 1 aromatic heterocycles. The van der Waals surface area contributed by atoms with Gasteiger partial charge in [0.2, 0.25) is 10.0 Å². The molecule has 0 bridgehead atoms. The number of nitrogens with zero attached hydrogens (tertiary/aromatic N) is 1. The first-order valence-electron chi connectivity index (χ1n) is 14.5. The van der Waals surface area contributed by atoms with E-state index in [2.05, 4.69) is 43.4 Å². The molecule has 0 spiro atoms. The number of allylic oxidation sites excluding steroid dienone is 1. The maximum absolute atomic E-state index is 13.5. The second-order valence-electron chi connectivity index (χ2n) is 11.7. The van der Waals surface area contributed by atoms with Crippen LogP contribution in [0.2, 0.25) is 0 Å². The van der Waals surface area contributed by atoms with Gasteiger partial charge in [-0.1, -0.05) is 93.3 Å². The highest BCUT2D eigenvalue weighted by molar-refractivity contribution is 7.93. The first-order valence-corrected chi connectivity index (χ1v) is 18.5. The molecule has 4 rings (SSSR count). The van der Waals surface area contributed by atoms with Crippen LogP contribution < -0.4 is 14.2 Å². The highest BCUT2D eigenvalue weighted by Gasteiger charge is 2.22. The van der Waals surface area contributed by atoms with Crippen molar-refractivity contribution in [1.29, 1.82) is 0 Å². The summed E-state index contributed by atoms with van der Waals surface area (Å²) in [5.41, 5.74) is 3.37. The molecule has 0 unspecified atom stereocenters. The summed E-state index contributed by atoms with van der Waals surface area (Å²) in [7, 11) is -7.78. The van der Waals surface area contributed by atoms with Gasteiger partial charge in [-0.15, -0.1) is 6.58 Å². The zero-order valence-electron chi connectivity index (χ0n) is 25.7. The zero-order valence-corrected chi connectivity index (χ0v) is 28.2. The second kappa shape index (κ2) is 14.4. The molecular weight excluding hydrogens is 627 g/mol. The number of rotatable bonds is 15. The van der Waals surface area contributed by atoms with Gasteiger partial charge >= 0.3 is 0 Å². The number of nitrogens with one attached hydrogen (secondary N) is 2. The van der Waals surface area contributed by atoms with Crippen molar-refractivity contribution in [2.75, 3.05) is 21.8 Å². The van der Waals surface area contributed by atoms with Crippen molar-refractivity contribution in [2.24, 2.45) is 5.41 Å². The lowest BCUT2D eigenvalue weighted by Crippen LogP contribution is -2.17. The summed E-state index contributed by atoms with van der Waals surface area (Å²) in [6.07, 6.45) is 5.24. The van der Waals surface area contributed by atoms with Crippen LogP contribution in [0.15, 0.2) is 96.9 Å². The topological polar surface area (TPSA) is 114 Å². The molecule has 0 saturated carbocycles. The fraction of sp³-hybridized carbons (Fsp3) is 0.265. The van der Waals surface area contributed by atoms with E-state index >= 15 is 0 Å². The Morgan fingerprint density at radius 3 is 2.42 bits per heavy atom. The zero-order chi connectivity index (χ0) is 32.7. The maximum atomic E-state index is 13.5. The van der Waals surface area contributed by atoms with Gasteiger partial charge in [-0.25, -0.2) is 21.8 Å². The number of ether oxygens (including phenoxy) is 1. The van der Waals surface area contributed by atoms with Crippen molar-refractivity contribution in [3.8, 4) is 27.4 Å². The molecular formula is C34H39N3O5S3. The van der Waals surface area contributed by atoms with Gasteiger partial charge in [0, 0.05) is 11.3 Å². The van der Waals surface area contributed by atoms with E-state index in [9.17, 15) is 16.8 Å². The Bertz CT molecular complexity index is 1870. The van der Waals surface area contributed by atoms with Crippen LogP contribution >= 0.6 is 11.3 Å². The summed E-state index contributed by atoms with van der Waals surface area (Å²) in [4.78, 5) is 5.39. The summed E-state index contributed by atoms with van der Waals surface area (Å²) in [5.74, 6) is 0.604. The smallest absolute Gasteiger partial charge is 0.263 e. The van der Waals surface area contributed by atoms with Gasteiger partial charge in [-0.2, -0.15) is 0 Å². The van der Waals surface area contributed by atoms with E-state index in [1.165, 1.54) is 35.6 Å². The normalized spacial score (nSPS) is 12.0. The summed E-state index contributed by atoms with van der Waals surface area (Å²) >= 11 is 1.20. The van der Waals surface area contributed by atoms with Crippen molar-refractivity contribution in [2.45, 2.75) is 44.9 Å². The molecule has 0 aliphatic carbocycles. The van der Waals surface area contributed by atoms with Crippen LogP contribution in [0.4, 0.5) is 10.8 Å². The average molecular weight is 666 g/mol. The fourth-order valence-corrected chi connectivity index (χ4v) is 7.77. The number of thiazole rings is 1. The highest BCUT2D eigenvalue weighted by Crippen LogP contribution is 2.42. The number of benzene rings is 3. The van der Waals surface area contributed by atoms with E-state index in [4.69, 9.17) is 9.72 Å². The largest absolute Gasteiger partial charge is 0.494 e. The summed E-state index contributed by atoms with van der Waals surface area (Å²) in [5, 5.41) is 0.160. The Balaban J connectivity index is 1.67. The third-order valence-corrected chi connectivity index (χ3v) is 10.6. The number of hydrogen-bond acceptors (Lipinski definition) is 7. The van der Waals surface area contributed by atoms with Crippen molar-refractivity contribution in [3.63, 3.8) is 0 Å². The lowest BCUT2D eigenvalue weighted by Gasteiger charge is -2.18. The number of unbranched alkanes of at least 4 members (excludes halogenated alkanes) is 1. The van der Waals surface area contributed by atoms with E-state index in [0.29, 0.717) is 30.9 Å². The van der Waals surface area contributed by atoms with Crippen LogP contribution in [-0.4, -0.2) is 34.2 Å². The predicted molar refractivity (Wildman–Crippen MR) is 187 cm³/mol. The van der Waals surface area contributed by atoms with Crippen molar-refractivity contribution in [1.82, 2.24) is 4.98 Å². The maximum Gasteiger partial charge on any atom is 0.263 e. The van der Waals surface area contributed by atoms with Gasteiger partial charge in [-0.05, 0) is 66.1 Å². The van der Waals surface area contributed by atoms with Crippen LogP contribution in [0, 0.1) is 5.41 Å². The molecule has 1 heterocycles. The molecule has 0 aliphatic rings. The molecule has 0 saturated heterocycles. The first-order chi connectivity index (χ1) is 21.3. The Morgan fingerprint density at radius 1 is 0.933 bits per heavy atom. The number of hydrogen-bond donors (Lipinski definition) is 2. The summed E-state index contributed by atoms with van der Waals surface area (Å²) < 4.78 is 63.1. The van der Waals surface area contributed by atoms with Crippen LogP contribution in [0.25, 0.3) is 27.8 Å². The molecule has 3 aromatic carbocycles. The molecule has 2 N–H and O–H groups in total. The molecule has 0 atom stereocenters. The Morgan fingerprint density at radius 2 is 1.69 bits per heavy atom. The van der Waals surface area contributed by atoms with Crippen molar-refractivity contribution < 1.29 is 21.6 Å². The van der Waals surface area contributed by atoms with E-state index in [1.807, 2.05) is 48.5 Å². The standard InChI is InChI=1S/C34H39N3O5S3/c1-6-8-11-22-44(38,39)36-27-16-13-18-29(24-27)45(40,41)37-33-35-31(30-19-10-9-14-25(30)7-2)32(43-33)26-15-12-17-28(23-26)42-21-20-34(3,4)5/h6-7,9-10,12-19,23-24,36H,1-2,8,11,20-22H2,3-5H3,(H,35,37). The van der Waals surface area contributed by atoms with E-state index in [0.717, 1.165) is 28.0 Å². The van der Waals surface area contributed by atoms with Crippen LogP contribution in [0.1, 0.15) is 45.6 Å². The van der Waals surface area contributed by atoms with Gasteiger partial charge in [0.05, 0.1) is 27.8 Å². The van der Waals surface area contributed by atoms with E-state index < -0.39 is 20.0 Å². The molecule has 8 nitrogen and oxygen atoms in total. The van der Waals surface area contributed by atoms with Gasteiger partial charge < -0.3 is 4.74 Å². The quantitative estimate of drug-likeness (QED) is 0.0973. The Hall–Kier alpha value is -3.93. The number of anilines is 2. The second-order valence-corrected chi connectivity index (χ2v) is 16.2. The van der Waals surface area contributed by atoms with E-state index in [-0.39, 0.29) is 26.9 Å². The lowest BCUT2D eigenvalue weighted by atomic mass is 9.93. The number of aromatic nitrogens is 1. The summed E-state index contributed by atoms with van der Waals surface area (Å²) in [6, 6.07) is 21.0. The molecule has 0 aliphatic heterocycles. The SMILES string of the molecule is C=CCCCS(=O)(=O)Nc1cccc(S(=O)(=O)Nc2nc(-c3ccccc3C=C)c(-c3cccc(OCCC(C)(C)C)c3)s2)c1. The third kappa shape index (κ3) is 9.53. The van der Waals surface area contributed by atoms with Crippen LogP contribution in [0.5, 0.6) is 5.75 Å². The van der Waals surface area contributed by atoms with Crippen molar-refractivity contribution in [3.05, 3.63) is 97.6 Å². The first kappa shape index (κ1) is 34.0. The predicted octanol–water partition coefficient (Wildman–Crippen LogP) is 8.44. The Labute approximate surface area is 271 Å². The molecule has 0 radical (unpaired) electrons. The number of sulfonamides is 2. The fourth-order valence-electron chi connectivity index (χ4n) is 4.38. The average Bonchev–Trinajstić information content (AvgIpc) is 3.39. The lowest BCUT2D eigenvalue weighted by molar-refractivity contribution is 0.243.